The molecular weight excluding hydrogens is 370 g/mol. The summed E-state index contributed by atoms with van der Waals surface area (Å²) < 4.78 is 6.59. The van der Waals surface area contributed by atoms with Crippen LogP contribution in [0.3, 0.4) is 0 Å². The van der Waals surface area contributed by atoms with E-state index in [4.69, 9.17) is 16.2 Å². The molecule has 1 unspecified atom stereocenters. The van der Waals surface area contributed by atoms with Crippen LogP contribution < -0.4 is 21.3 Å². The highest BCUT2D eigenvalue weighted by Crippen LogP contribution is 2.40. The van der Waals surface area contributed by atoms with Crippen molar-refractivity contribution >= 4 is 27.3 Å². The lowest BCUT2D eigenvalue weighted by Crippen LogP contribution is -2.43. The van der Waals surface area contributed by atoms with E-state index < -0.39 is 6.23 Å². The van der Waals surface area contributed by atoms with E-state index in [-0.39, 0.29) is 6.04 Å². The van der Waals surface area contributed by atoms with Crippen LogP contribution >= 0.6 is 15.9 Å². The second-order valence-corrected chi connectivity index (χ2v) is 7.16. The molecule has 2 atom stereocenters. The summed E-state index contributed by atoms with van der Waals surface area (Å²) in [4.78, 5) is 8.74. The average Bonchev–Trinajstić information content (AvgIpc) is 2.94. The first kappa shape index (κ1) is 15.7. The maximum atomic E-state index is 6.17. The van der Waals surface area contributed by atoms with Crippen molar-refractivity contribution in [2.24, 2.45) is 11.5 Å². The fourth-order valence-electron chi connectivity index (χ4n) is 3.40. The molecule has 4 rings (SSSR count). The van der Waals surface area contributed by atoms with Crippen LogP contribution in [0, 0.1) is 0 Å². The van der Waals surface area contributed by atoms with Gasteiger partial charge < -0.3 is 20.3 Å². The Balaban J connectivity index is 1.74. The molecule has 0 amide bonds. The van der Waals surface area contributed by atoms with Gasteiger partial charge in [0.1, 0.15) is 5.76 Å². The van der Waals surface area contributed by atoms with Gasteiger partial charge in [-0.3, -0.25) is 10.7 Å². The van der Waals surface area contributed by atoms with Gasteiger partial charge in [-0.15, -0.1) is 0 Å². The number of fused-ring (bicyclic) bond motifs is 1. The largest absolute Gasteiger partial charge is 0.470 e. The van der Waals surface area contributed by atoms with Crippen LogP contribution in [-0.4, -0.2) is 30.3 Å². The molecule has 0 aromatic carbocycles. The zero-order valence-corrected chi connectivity index (χ0v) is 14.8. The van der Waals surface area contributed by atoms with Crippen LogP contribution in [0.5, 0.6) is 0 Å². The Kier molecular flexibility index (Phi) is 4.07. The molecule has 1 aromatic rings. The molecule has 0 spiro atoms. The van der Waals surface area contributed by atoms with Gasteiger partial charge in [0.05, 0.1) is 23.3 Å². The SMILES string of the molecule is NC1C=C2C(=CC(Br)=CN2c2cnccc2N2CCC[C@@H](N)C2)O1. The fourth-order valence-corrected chi connectivity index (χ4v) is 3.81. The summed E-state index contributed by atoms with van der Waals surface area (Å²) >= 11 is 3.55. The molecule has 4 heterocycles. The van der Waals surface area contributed by atoms with Crippen LogP contribution in [0.1, 0.15) is 12.8 Å². The minimum atomic E-state index is -0.427. The van der Waals surface area contributed by atoms with E-state index in [1.54, 1.807) is 0 Å². The van der Waals surface area contributed by atoms with Crippen molar-refractivity contribution < 1.29 is 4.74 Å². The lowest BCUT2D eigenvalue weighted by atomic mass is 10.1. The zero-order chi connectivity index (χ0) is 16.7. The molecule has 6 nitrogen and oxygen atoms in total. The van der Waals surface area contributed by atoms with Gasteiger partial charge >= 0.3 is 0 Å². The number of anilines is 2. The molecule has 1 saturated heterocycles. The Morgan fingerprint density at radius 2 is 2.17 bits per heavy atom. The van der Waals surface area contributed by atoms with E-state index in [1.807, 2.05) is 36.8 Å². The van der Waals surface area contributed by atoms with Crippen LogP contribution in [0.15, 0.2) is 52.8 Å². The van der Waals surface area contributed by atoms with E-state index in [2.05, 4.69) is 30.7 Å². The minimum Gasteiger partial charge on any atom is -0.470 e. The summed E-state index contributed by atoms with van der Waals surface area (Å²) in [5.41, 5.74) is 15.2. The number of ether oxygens (including phenoxy) is 1. The maximum Gasteiger partial charge on any atom is 0.169 e. The molecule has 0 aliphatic carbocycles. The van der Waals surface area contributed by atoms with E-state index in [1.165, 1.54) is 0 Å². The standard InChI is InChI=1S/C17H20BrN5O/c18-11-6-16-14(7-17(20)24-16)23(9-11)15-8-21-4-3-13(15)22-5-1-2-12(19)10-22/h3-4,6-9,12,17H,1-2,5,10,19-20H2/t12-,17?/m1/s1. The highest BCUT2D eigenvalue weighted by molar-refractivity contribution is 9.11. The van der Waals surface area contributed by atoms with Crippen molar-refractivity contribution in [2.75, 3.05) is 22.9 Å². The Morgan fingerprint density at radius 3 is 3.00 bits per heavy atom. The van der Waals surface area contributed by atoms with E-state index >= 15 is 0 Å². The van der Waals surface area contributed by atoms with E-state index in [0.717, 1.165) is 53.2 Å². The van der Waals surface area contributed by atoms with Crippen LogP contribution in [0.2, 0.25) is 0 Å². The van der Waals surface area contributed by atoms with Crippen molar-refractivity contribution in [2.45, 2.75) is 25.1 Å². The third-order valence-electron chi connectivity index (χ3n) is 4.45. The normalized spacial score (nSPS) is 26.4. The fraction of sp³-hybridized carbons (Fsp3) is 0.353. The van der Waals surface area contributed by atoms with Gasteiger partial charge in [-0.05, 0) is 47.0 Å². The molecule has 7 heteroatoms. The molecule has 4 N–H and O–H groups in total. The second-order valence-electron chi connectivity index (χ2n) is 6.24. The van der Waals surface area contributed by atoms with Gasteiger partial charge in [-0.25, -0.2) is 0 Å². The van der Waals surface area contributed by atoms with Gasteiger partial charge in [0.25, 0.3) is 0 Å². The van der Waals surface area contributed by atoms with Crippen molar-refractivity contribution in [1.82, 2.24) is 4.98 Å². The number of allylic oxidation sites excluding steroid dienone is 2. The summed E-state index contributed by atoms with van der Waals surface area (Å²) in [6, 6.07) is 2.25. The summed E-state index contributed by atoms with van der Waals surface area (Å²) in [6.45, 7) is 1.86. The van der Waals surface area contributed by atoms with E-state index in [0.29, 0.717) is 0 Å². The number of nitrogens with two attached hydrogens (primary N) is 2. The molecule has 3 aliphatic rings. The second kappa shape index (κ2) is 6.23. The molecule has 0 bridgehead atoms. The van der Waals surface area contributed by atoms with E-state index in [9.17, 15) is 0 Å². The van der Waals surface area contributed by atoms with Gasteiger partial charge in [0, 0.05) is 36.0 Å². The molecular formula is C17H20BrN5O. The summed E-state index contributed by atoms with van der Waals surface area (Å²) in [5, 5.41) is 0. The average molecular weight is 390 g/mol. The summed E-state index contributed by atoms with van der Waals surface area (Å²) in [7, 11) is 0. The summed E-state index contributed by atoms with van der Waals surface area (Å²) in [5.74, 6) is 0.766. The van der Waals surface area contributed by atoms with Crippen LogP contribution in [-0.2, 0) is 4.74 Å². The third kappa shape index (κ3) is 2.83. The first-order chi connectivity index (χ1) is 11.6. The Labute approximate surface area is 149 Å². The molecule has 0 saturated carbocycles. The quantitative estimate of drug-likeness (QED) is 0.806. The molecule has 1 aromatic heterocycles. The number of piperidine rings is 1. The predicted octanol–water partition coefficient (Wildman–Crippen LogP) is 2.15. The third-order valence-corrected chi connectivity index (χ3v) is 4.89. The number of aromatic nitrogens is 1. The topological polar surface area (TPSA) is 80.6 Å². The van der Waals surface area contributed by atoms with Gasteiger partial charge in [0.2, 0.25) is 0 Å². The number of hydrogen-bond acceptors (Lipinski definition) is 6. The van der Waals surface area contributed by atoms with Gasteiger partial charge in [0.15, 0.2) is 6.23 Å². The number of pyridine rings is 1. The van der Waals surface area contributed by atoms with Crippen LogP contribution in [0.4, 0.5) is 11.4 Å². The Hall–Kier alpha value is -1.83. The monoisotopic (exact) mass is 389 g/mol. The van der Waals surface area contributed by atoms with Crippen molar-refractivity contribution in [3.63, 3.8) is 0 Å². The number of hydrogen-bond donors (Lipinski definition) is 2. The summed E-state index contributed by atoms with van der Waals surface area (Å²) in [6.07, 6.45) is 11.3. The first-order valence-corrected chi connectivity index (χ1v) is 8.88. The van der Waals surface area contributed by atoms with Crippen molar-refractivity contribution in [3.05, 3.63) is 52.8 Å². The lowest BCUT2D eigenvalue weighted by molar-refractivity contribution is 0.186. The highest BCUT2D eigenvalue weighted by Gasteiger charge is 2.30. The molecule has 1 fully saturated rings. The Morgan fingerprint density at radius 1 is 1.29 bits per heavy atom. The zero-order valence-electron chi connectivity index (χ0n) is 13.2. The lowest BCUT2D eigenvalue weighted by Gasteiger charge is -2.36. The number of halogens is 1. The molecule has 0 radical (unpaired) electrons. The minimum absolute atomic E-state index is 0.210. The number of rotatable bonds is 2. The van der Waals surface area contributed by atoms with Crippen molar-refractivity contribution in [3.8, 4) is 0 Å². The molecule has 3 aliphatic heterocycles. The maximum absolute atomic E-state index is 6.17. The van der Waals surface area contributed by atoms with Crippen molar-refractivity contribution in [1.29, 1.82) is 0 Å². The Bertz CT molecular complexity index is 744. The smallest absolute Gasteiger partial charge is 0.169 e. The molecule has 24 heavy (non-hydrogen) atoms. The predicted molar refractivity (Wildman–Crippen MR) is 98.4 cm³/mol. The first-order valence-electron chi connectivity index (χ1n) is 8.09. The number of nitrogens with zero attached hydrogens (tertiary/aromatic N) is 3. The van der Waals surface area contributed by atoms with Crippen LogP contribution in [0.25, 0.3) is 0 Å². The van der Waals surface area contributed by atoms with Gasteiger partial charge in [-0.2, -0.15) is 0 Å². The molecule has 126 valence electrons. The van der Waals surface area contributed by atoms with Gasteiger partial charge in [-0.1, -0.05) is 0 Å². The highest BCUT2D eigenvalue weighted by atomic mass is 79.9.